The highest BCUT2D eigenvalue weighted by Gasteiger charge is 2.48. The molecule has 126 valence electrons. The molecule has 1 saturated heterocycles. The van der Waals surface area contributed by atoms with E-state index in [0.717, 1.165) is 0 Å². The summed E-state index contributed by atoms with van der Waals surface area (Å²) in [5.74, 6) is 0.225. The topological polar surface area (TPSA) is 143 Å². The van der Waals surface area contributed by atoms with Gasteiger partial charge in [0.15, 0.2) is 5.72 Å². The van der Waals surface area contributed by atoms with E-state index in [0.29, 0.717) is 5.56 Å². The van der Waals surface area contributed by atoms with Crippen molar-refractivity contribution in [2.24, 2.45) is 5.11 Å². The summed E-state index contributed by atoms with van der Waals surface area (Å²) < 4.78 is 12.1. The summed E-state index contributed by atoms with van der Waals surface area (Å²) in [4.78, 5) is 18.6. The molecule has 2 heterocycles. The lowest BCUT2D eigenvalue weighted by Crippen LogP contribution is -2.40. The second kappa shape index (κ2) is 6.55. The van der Waals surface area contributed by atoms with Crippen LogP contribution < -0.4 is 10.4 Å². The smallest absolute Gasteiger partial charge is 0.352 e. The molecular formula is C13H19N5O5. The summed E-state index contributed by atoms with van der Waals surface area (Å²) in [6, 6.07) is 0. The van der Waals surface area contributed by atoms with E-state index in [-0.39, 0.29) is 18.4 Å². The first kappa shape index (κ1) is 17.2. The molecule has 2 rings (SSSR count). The lowest BCUT2D eigenvalue weighted by atomic mass is 10.1. The van der Waals surface area contributed by atoms with Gasteiger partial charge in [-0.2, -0.15) is 4.98 Å². The first-order valence-electron chi connectivity index (χ1n) is 7.12. The predicted octanol–water partition coefficient (Wildman–Crippen LogP) is 0.618. The molecule has 0 aliphatic carbocycles. The van der Waals surface area contributed by atoms with Gasteiger partial charge in [-0.15, -0.1) is 0 Å². The summed E-state index contributed by atoms with van der Waals surface area (Å²) in [6.45, 7) is 4.65. The van der Waals surface area contributed by atoms with Crippen LogP contribution in [0.15, 0.2) is 16.1 Å². The largest absolute Gasteiger partial charge is 0.475 e. The fourth-order valence-electron chi connectivity index (χ4n) is 2.35. The molecule has 0 spiro atoms. The molecule has 3 atom stereocenters. The third-order valence-corrected chi connectivity index (χ3v) is 3.47. The van der Waals surface area contributed by atoms with Crippen LogP contribution in [-0.4, -0.2) is 44.3 Å². The second-order valence-electron chi connectivity index (χ2n) is 5.60. The molecule has 2 N–H and O–H groups in total. The number of ether oxygens (including phenoxy) is 2. The summed E-state index contributed by atoms with van der Waals surface area (Å²) in [5.41, 5.74) is 6.76. The Bertz CT molecular complexity index is 684. The summed E-state index contributed by atoms with van der Waals surface area (Å²) in [5, 5.41) is 22.7. The van der Waals surface area contributed by atoms with E-state index in [9.17, 15) is 15.0 Å². The van der Waals surface area contributed by atoms with Gasteiger partial charge in [0, 0.05) is 23.1 Å². The maximum atomic E-state index is 12.2. The summed E-state index contributed by atoms with van der Waals surface area (Å²) in [6.07, 6.45) is -0.812. The quantitative estimate of drug-likeness (QED) is 0.461. The Morgan fingerprint density at radius 3 is 2.96 bits per heavy atom. The Morgan fingerprint density at radius 1 is 1.70 bits per heavy atom. The molecule has 0 unspecified atom stereocenters. The van der Waals surface area contributed by atoms with Gasteiger partial charge in [0.25, 0.3) is 0 Å². The molecule has 10 nitrogen and oxygen atoms in total. The molecule has 0 aromatic carbocycles. The average molecular weight is 325 g/mol. The molecule has 23 heavy (non-hydrogen) atoms. The lowest BCUT2D eigenvalue weighted by molar-refractivity contribution is -0.124. The van der Waals surface area contributed by atoms with Gasteiger partial charge in [-0.3, -0.25) is 4.57 Å². The molecule has 0 amide bonds. The van der Waals surface area contributed by atoms with Gasteiger partial charge >= 0.3 is 5.69 Å². The first-order chi connectivity index (χ1) is 10.8. The van der Waals surface area contributed by atoms with Crippen molar-refractivity contribution in [3.8, 4) is 5.88 Å². The van der Waals surface area contributed by atoms with E-state index in [1.165, 1.54) is 10.8 Å². The third-order valence-electron chi connectivity index (χ3n) is 3.47. The highest BCUT2D eigenvalue weighted by molar-refractivity contribution is 5.21. The van der Waals surface area contributed by atoms with Gasteiger partial charge in [0.2, 0.25) is 5.88 Å². The van der Waals surface area contributed by atoms with Crippen LogP contribution in [0.4, 0.5) is 0 Å². The van der Waals surface area contributed by atoms with Crippen molar-refractivity contribution in [2.45, 2.75) is 51.4 Å². The van der Waals surface area contributed by atoms with Crippen LogP contribution >= 0.6 is 0 Å². The number of azide groups is 1. The molecular weight excluding hydrogens is 306 g/mol. The number of hydrogen-bond donors (Lipinski definition) is 2. The number of nitrogens with zero attached hydrogens (tertiary/aromatic N) is 5. The molecule has 0 saturated carbocycles. The maximum Gasteiger partial charge on any atom is 0.352 e. The lowest BCUT2D eigenvalue weighted by Gasteiger charge is -2.24. The molecule has 1 fully saturated rings. The Labute approximate surface area is 131 Å². The van der Waals surface area contributed by atoms with Crippen LogP contribution in [0.2, 0.25) is 0 Å². The predicted molar refractivity (Wildman–Crippen MR) is 78.7 cm³/mol. The molecule has 1 aromatic heterocycles. The van der Waals surface area contributed by atoms with Crippen molar-refractivity contribution in [3.05, 3.63) is 32.7 Å². The van der Waals surface area contributed by atoms with Gasteiger partial charge in [-0.05, 0) is 26.3 Å². The third kappa shape index (κ3) is 3.30. The fourth-order valence-corrected chi connectivity index (χ4v) is 2.35. The van der Waals surface area contributed by atoms with E-state index < -0.39 is 30.4 Å². The fraction of sp³-hybridized carbons (Fsp3) is 0.692. The zero-order valence-electron chi connectivity index (χ0n) is 13.1. The van der Waals surface area contributed by atoms with Crippen LogP contribution in [0, 0.1) is 6.92 Å². The minimum absolute atomic E-state index is 0.0228. The maximum absolute atomic E-state index is 12.2. The first-order valence-corrected chi connectivity index (χ1v) is 7.12. The van der Waals surface area contributed by atoms with Crippen molar-refractivity contribution in [1.82, 2.24) is 9.55 Å². The van der Waals surface area contributed by atoms with E-state index in [2.05, 4.69) is 15.0 Å². The zero-order chi connectivity index (χ0) is 17.2. The summed E-state index contributed by atoms with van der Waals surface area (Å²) >= 11 is 0. The number of aryl methyl sites for hydroxylation is 1. The molecule has 1 aromatic rings. The highest BCUT2D eigenvalue weighted by Crippen LogP contribution is 2.37. The highest BCUT2D eigenvalue weighted by atomic mass is 16.6. The van der Waals surface area contributed by atoms with Crippen molar-refractivity contribution in [3.63, 3.8) is 0 Å². The van der Waals surface area contributed by atoms with Gasteiger partial charge in [-0.1, -0.05) is 5.11 Å². The molecule has 10 heteroatoms. The van der Waals surface area contributed by atoms with Gasteiger partial charge in [-0.25, -0.2) is 4.79 Å². The van der Waals surface area contributed by atoms with Crippen molar-refractivity contribution in [2.75, 3.05) is 6.61 Å². The molecule has 1 aliphatic rings. The normalized spacial score (nSPS) is 27.0. The monoisotopic (exact) mass is 325 g/mol. The van der Waals surface area contributed by atoms with Gasteiger partial charge in [0.1, 0.15) is 6.23 Å². The zero-order valence-corrected chi connectivity index (χ0v) is 13.1. The minimum atomic E-state index is -1.81. The van der Waals surface area contributed by atoms with Crippen LogP contribution in [0.1, 0.15) is 32.1 Å². The van der Waals surface area contributed by atoms with E-state index in [1.54, 1.807) is 6.92 Å². The van der Waals surface area contributed by atoms with Crippen LogP contribution in [0.25, 0.3) is 10.4 Å². The van der Waals surface area contributed by atoms with Gasteiger partial charge < -0.3 is 19.7 Å². The standard InChI is InChI=1S/C13H19N5O5/c1-7(2)22-11-8(3)5-18(12(21)15-11)10-4-9(20)13(6-19,23-10)16-17-14/h5,7,9-10,19-20H,4,6H2,1-3H3/t9-,10+,13+/m0/s1. The minimum Gasteiger partial charge on any atom is -0.475 e. The van der Waals surface area contributed by atoms with Crippen LogP contribution in [-0.2, 0) is 4.74 Å². The molecule has 0 radical (unpaired) electrons. The Morgan fingerprint density at radius 2 is 2.39 bits per heavy atom. The van der Waals surface area contributed by atoms with E-state index >= 15 is 0 Å². The Hall–Kier alpha value is -2.13. The summed E-state index contributed by atoms with van der Waals surface area (Å²) in [7, 11) is 0. The van der Waals surface area contributed by atoms with Crippen molar-refractivity contribution in [1.29, 1.82) is 0 Å². The second-order valence-corrected chi connectivity index (χ2v) is 5.60. The Balaban J connectivity index is 2.35. The van der Waals surface area contributed by atoms with Crippen LogP contribution in [0.3, 0.4) is 0 Å². The van der Waals surface area contributed by atoms with Crippen LogP contribution in [0.5, 0.6) is 5.88 Å². The number of aliphatic hydroxyl groups is 2. The van der Waals surface area contributed by atoms with Gasteiger partial charge in [0.05, 0.1) is 18.8 Å². The van der Waals surface area contributed by atoms with Crippen molar-refractivity contribution >= 4 is 0 Å². The van der Waals surface area contributed by atoms with Crippen molar-refractivity contribution < 1.29 is 19.7 Å². The number of hydrogen-bond acceptors (Lipinski definition) is 7. The molecule has 1 aliphatic heterocycles. The van der Waals surface area contributed by atoms with E-state index in [1.807, 2.05) is 13.8 Å². The molecule has 0 bridgehead atoms. The Kier molecular flexibility index (Phi) is 4.90. The number of aromatic nitrogens is 2. The average Bonchev–Trinajstić information content (AvgIpc) is 2.80. The number of rotatable bonds is 5. The SMILES string of the molecule is Cc1cn([C@H]2C[C@H](O)[C@](CO)(N=[N+]=[N-])O2)c(=O)nc1OC(C)C. The van der Waals surface area contributed by atoms with E-state index in [4.69, 9.17) is 15.0 Å². The number of aliphatic hydroxyl groups excluding tert-OH is 2.